The molecule has 0 spiro atoms. The molecule has 1 saturated heterocycles. The molecule has 1 aliphatic heterocycles. The van der Waals surface area contributed by atoms with Gasteiger partial charge in [0.1, 0.15) is 0 Å². The van der Waals surface area contributed by atoms with Crippen molar-refractivity contribution in [3.8, 4) is 0 Å². The van der Waals surface area contributed by atoms with Crippen molar-refractivity contribution in [2.45, 2.75) is 19.9 Å². The molecule has 1 amide bonds. The molecule has 1 aliphatic rings. The molecule has 2 rings (SSSR count). The van der Waals surface area contributed by atoms with E-state index in [-0.39, 0.29) is 5.91 Å². The molecule has 0 aliphatic carbocycles. The second kappa shape index (κ2) is 7.62. The van der Waals surface area contributed by atoms with E-state index in [0.717, 1.165) is 22.7 Å². The third-order valence-corrected chi connectivity index (χ3v) is 3.85. The minimum absolute atomic E-state index is 0.197. The Bertz CT molecular complexity index is 459. The van der Waals surface area contributed by atoms with E-state index in [4.69, 9.17) is 16.3 Å². The molecule has 20 heavy (non-hydrogen) atoms. The Balaban J connectivity index is 1.68. The molecule has 1 fully saturated rings. The summed E-state index contributed by atoms with van der Waals surface area (Å²) in [6.45, 7) is 6.14. The van der Waals surface area contributed by atoms with Crippen LogP contribution in [0.3, 0.4) is 0 Å². The molecule has 0 unspecified atom stereocenters. The van der Waals surface area contributed by atoms with Crippen molar-refractivity contribution >= 4 is 17.5 Å². The summed E-state index contributed by atoms with van der Waals surface area (Å²) in [5.41, 5.74) is 2.22. The lowest BCUT2D eigenvalue weighted by atomic mass is 10.1. The maximum Gasteiger partial charge on any atom is 0.224 e. The lowest BCUT2D eigenvalue weighted by Gasteiger charge is -2.26. The summed E-state index contributed by atoms with van der Waals surface area (Å²) in [4.78, 5) is 13.8. The van der Waals surface area contributed by atoms with E-state index in [1.807, 2.05) is 24.0 Å². The van der Waals surface area contributed by atoms with E-state index < -0.39 is 0 Å². The van der Waals surface area contributed by atoms with Crippen LogP contribution >= 0.6 is 11.6 Å². The summed E-state index contributed by atoms with van der Waals surface area (Å²) in [5.74, 6) is 0.197. The molecular weight excluding hydrogens is 276 g/mol. The molecular formula is C15H21ClN2O2. The van der Waals surface area contributed by atoms with Crippen molar-refractivity contribution in [1.82, 2.24) is 10.2 Å². The minimum Gasteiger partial charge on any atom is -0.378 e. The van der Waals surface area contributed by atoms with Crippen LogP contribution in [0.25, 0.3) is 0 Å². The molecule has 1 heterocycles. The highest BCUT2D eigenvalue weighted by molar-refractivity contribution is 6.31. The predicted octanol–water partition coefficient (Wildman–Crippen LogP) is 1.99. The largest absolute Gasteiger partial charge is 0.378 e. The average molecular weight is 297 g/mol. The molecule has 1 aromatic rings. The molecule has 4 nitrogen and oxygen atoms in total. The van der Waals surface area contributed by atoms with Crippen LogP contribution in [0.4, 0.5) is 0 Å². The number of hydrogen-bond acceptors (Lipinski definition) is 3. The molecule has 5 heteroatoms. The highest BCUT2D eigenvalue weighted by Gasteiger charge is 2.15. The highest BCUT2D eigenvalue weighted by atomic mass is 35.5. The monoisotopic (exact) mass is 296 g/mol. The van der Waals surface area contributed by atoms with E-state index in [2.05, 4.69) is 11.4 Å². The summed E-state index contributed by atoms with van der Waals surface area (Å²) >= 11 is 6.08. The smallest absolute Gasteiger partial charge is 0.224 e. The van der Waals surface area contributed by atoms with Crippen molar-refractivity contribution in [2.24, 2.45) is 0 Å². The first-order valence-electron chi connectivity index (χ1n) is 6.98. The zero-order chi connectivity index (χ0) is 14.4. The second-order valence-electron chi connectivity index (χ2n) is 5.00. The lowest BCUT2D eigenvalue weighted by molar-refractivity contribution is -0.135. The first-order chi connectivity index (χ1) is 9.66. The SMILES string of the molecule is Cc1ccc(CNCCC(=O)N2CCOCC2)cc1Cl. The first kappa shape index (κ1) is 15.3. The quantitative estimate of drug-likeness (QED) is 0.845. The third kappa shape index (κ3) is 4.47. The van der Waals surface area contributed by atoms with Gasteiger partial charge in [-0.25, -0.2) is 0 Å². The van der Waals surface area contributed by atoms with Crippen molar-refractivity contribution in [3.63, 3.8) is 0 Å². The Morgan fingerprint density at radius 3 is 2.85 bits per heavy atom. The van der Waals surface area contributed by atoms with Gasteiger partial charge in [0.15, 0.2) is 0 Å². The molecule has 0 aromatic heterocycles. The Labute approximate surface area is 125 Å². The van der Waals surface area contributed by atoms with Gasteiger partial charge in [-0.15, -0.1) is 0 Å². The maximum absolute atomic E-state index is 11.9. The number of benzene rings is 1. The Morgan fingerprint density at radius 1 is 1.40 bits per heavy atom. The normalized spacial score (nSPS) is 15.4. The van der Waals surface area contributed by atoms with Gasteiger partial charge >= 0.3 is 0 Å². The number of nitrogens with one attached hydrogen (secondary N) is 1. The Kier molecular flexibility index (Phi) is 5.83. The van der Waals surface area contributed by atoms with Crippen LogP contribution in [-0.4, -0.2) is 43.7 Å². The van der Waals surface area contributed by atoms with Gasteiger partial charge in [-0.05, 0) is 24.1 Å². The number of morpholine rings is 1. The van der Waals surface area contributed by atoms with E-state index in [9.17, 15) is 4.79 Å². The second-order valence-corrected chi connectivity index (χ2v) is 5.41. The summed E-state index contributed by atoms with van der Waals surface area (Å²) < 4.78 is 5.23. The van der Waals surface area contributed by atoms with Gasteiger partial charge in [0.2, 0.25) is 5.91 Å². The number of nitrogens with zero attached hydrogens (tertiary/aromatic N) is 1. The topological polar surface area (TPSA) is 41.6 Å². The number of hydrogen-bond donors (Lipinski definition) is 1. The third-order valence-electron chi connectivity index (χ3n) is 3.44. The standard InChI is InChI=1S/C15H21ClN2O2/c1-12-2-3-13(10-14(12)16)11-17-5-4-15(19)18-6-8-20-9-7-18/h2-3,10,17H,4-9,11H2,1H3. The van der Waals surface area contributed by atoms with Crippen molar-refractivity contribution in [3.05, 3.63) is 34.3 Å². The van der Waals surface area contributed by atoms with Crippen LogP contribution < -0.4 is 5.32 Å². The summed E-state index contributed by atoms with van der Waals surface area (Å²) in [5, 5.41) is 4.07. The van der Waals surface area contributed by atoms with Crippen LogP contribution in [0.15, 0.2) is 18.2 Å². The summed E-state index contributed by atoms with van der Waals surface area (Å²) in [6.07, 6.45) is 0.527. The molecule has 0 saturated carbocycles. The number of carbonyl (C=O) groups excluding carboxylic acids is 1. The maximum atomic E-state index is 11.9. The van der Waals surface area contributed by atoms with Crippen LogP contribution in [0.1, 0.15) is 17.5 Å². The molecule has 0 bridgehead atoms. The zero-order valence-corrected chi connectivity index (χ0v) is 12.6. The Morgan fingerprint density at radius 2 is 2.15 bits per heavy atom. The molecule has 110 valence electrons. The fourth-order valence-electron chi connectivity index (χ4n) is 2.15. The number of ether oxygens (including phenoxy) is 1. The van der Waals surface area contributed by atoms with Crippen molar-refractivity contribution < 1.29 is 9.53 Å². The van der Waals surface area contributed by atoms with Crippen LogP contribution in [-0.2, 0) is 16.1 Å². The summed E-state index contributed by atoms with van der Waals surface area (Å²) in [6, 6.07) is 6.03. The van der Waals surface area contributed by atoms with Gasteiger partial charge in [0, 0.05) is 37.6 Å². The van der Waals surface area contributed by atoms with E-state index in [0.29, 0.717) is 39.3 Å². The van der Waals surface area contributed by atoms with E-state index in [1.165, 1.54) is 0 Å². The number of halogens is 1. The number of amides is 1. The lowest BCUT2D eigenvalue weighted by Crippen LogP contribution is -2.41. The van der Waals surface area contributed by atoms with Crippen LogP contribution in [0.2, 0.25) is 5.02 Å². The van der Waals surface area contributed by atoms with Crippen molar-refractivity contribution in [2.75, 3.05) is 32.8 Å². The van der Waals surface area contributed by atoms with Gasteiger partial charge in [-0.1, -0.05) is 23.7 Å². The van der Waals surface area contributed by atoms with E-state index >= 15 is 0 Å². The number of aryl methyl sites for hydroxylation is 1. The highest BCUT2D eigenvalue weighted by Crippen LogP contribution is 2.16. The molecule has 0 atom stereocenters. The molecule has 1 N–H and O–H groups in total. The first-order valence-corrected chi connectivity index (χ1v) is 7.36. The van der Waals surface area contributed by atoms with Gasteiger partial charge < -0.3 is 15.0 Å². The summed E-state index contributed by atoms with van der Waals surface area (Å²) in [7, 11) is 0. The number of rotatable bonds is 5. The van der Waals surface area contributed by atoms with Gasteiger partial charge in [-0.3, -0.25) is 4.79 Å². The molecule has 1 aromatic carbocycles. The minimum atomic E-state index is 0.197. The van der Waals surface area contributed by atoms with Crippen molar-refractivity contribution in [1.29, 1.82) is 0 Å². The molecule has 0 radical (unpaired) electrons. The predicted molar refractivity (Wildman–Crippen MR) is 79.9 cm³/mol. The van der Waals surface area contributed by atoms with Gasteiger partial charge in [-0.2, -0.15) is 0 Å². The fraction of sp³-hybridized carbons (Fsp3) is 0.533. The average Bonchev–Trinajstić information content (AvgIpc) is 2.48. The number of carbonyl (C=O) groups is 1. The van der Waals surface area contributed by atoms with Crippen LogP contribution in [0.5, 0.6) is 0 Å². The fourth-order valence-corrected chi connectivity index (χ4v) is 2.35. The zero-order valence-electron chi connectivity index (χ0n) is 11.8. The van der Waals surface area contributed by atoms with Crippen LogP contribution in [0, 0.1) is 6.92 Å². The van der Waals surface area contributed by atoms with Gasteiger partial charge in [0.05, 0.1) is 13.2 Å². The Hall–Kier alpha value is -1.10. The van der Waals surface area contributed by atoms with E-state index in [1.54, 1.807) is 0 Å². The van der Waals surface area contributed by atoms with Gasteiger partial charge in [0.25, 0.3) is 0 Å².